The van der Waals surface area contributed by atoms with Gasteiger partial charge in [0, 0.05) is 5.39 Å². The zero-order valence-corrected chi connectivity index (χ0v) is 22.8. The van der Waals surface area contributed by atoms with E-state index in [4.69, 9.17) is 18.9 Å². The van der Waals surface area contributed by atoms with E-state index < -0.39 is 18.0 Å². The Morgan fingerprint density at radius 3 is 2.42 bits per heavy atom. The quantitative estimate of drug-likeness (QED) is 0.100. The molecule has 0 aliphatic carbocycles. The number of rotatable bonds is 12. The monoisotopic (exact) mass is 540 g/mol. The van der Waals surface area contributed by atoms with E-state index in [-0.39, 0.29) is 5.75 Å². The Morgan fingerprint density at radius 2 is 1.65 bits per heavy atom. The third-order valence-electron chi connectivity index (χ3n) is 5.84. The number of hydrazone groups is 1. The summed E-state index contributed by atoms with van der Waals surface area (Å²) in [5, 5.41) is 6.01. The number of carbonyl (C=O) groups is 2. The van der Waals surface area contributed by atoms with Crippen molar-refractivity contribution in [1.82, 2.24) is 5.43 Å². The highest BCUT2D eigenvalue weighted by Crippen LogP contribution is 2.29. The van der Waals surface area contributed by atoms with Gasteiger partial charge in [-0.2, -0.15) is 5.10 Å². The minimum Gasteiger partial charge on any atom is -0.494 e. The maximum Gasteiger partial charge on any atom is 0.343 e. The lowest BCUT2D eigenvalue weighted by molar-refractivity contribution is -0.127. The van der Waals surface area contributed by atoms with Gasteiger partial charge in [-0.1, -0.05) is 43.3 Å². The summed E-state index contributed by atoms with van der Waals surface area (Å²) >= 11 is 0. The van der Waals surface area contributed by atoms with E-state index in [1.807, 2.05) is 56.3 Å². The summed E-state index contributed by atoms with van der Waals surface area (Å²) in [7, 11) is 0. The molecular formula is C32H32N2O6. The van der Waals surface area contributed by atoms with E-state index in [9.17, 15) is 9.59 Å². The smallest absolute Gasteiger partial charge is 0.343 e. The molecule has 206 valence electrons. The first-order valence-corrected chi connectivity index (χ1v) is 13.2. The number of ether oxygens (including phenoxy) is 4. The van der Waals surface area contributed by atoms with Crippen molar-refractivity contribution in [3.8, 4) is 23.0 Å². The Hall–Kier alpha value is -4.85. The van der Waals surface area contributed by atoms with Crippen molar-refractivity contribution in [3.05, 3.63) is 96.1 Å². The number of carbonyl (C=O) groups excluding carboxylic acids is 2. The molecule has 1 atom stereocenters. The van der Waals surface area contributed by atoms with Crippen molar-refractivity contribution in [2.75, 3.05) is 13.2 Å². The number of benzene rings is 4. The molecule has 4 aromatic rings. The normalized spacial score (nSPS) is 11.7. The molecule has 0 fully saturated rings. The molecule has 4 rings (SSSR count). The summed E-state index contributed by atoms with van der Waals surface area (Å²) in [5.74, 6) is 1.05. The van der Waals surface area contributed by atoms with Crippen LogP contribution in [0.25, 0.3) is 10.8 Å². The fourth-order valence-corrected chi connectivity index (χ4v) is 3.83. The van der Waals surface area contributed by atoms with Gasteiger partial charge in [0.2, 0.25) is 0 Å². The van der Waals surface area contributed by atoms with Gasteiger partial charge in [0.1, 0.15) is 11.5 Å². The molecule has 4 aromatic carbocycles. The van der Waals surface area contributed by atoms with E-state index in [2.05, 4.69) is 10.5 Å². The Kier molecular flexibility index (Phi) is 9.72. The van der Waals surface area contributed by atoms with Crippen molar-refractivity contribution < 1.29 is 28.5 Å². The Balaban J connectivity index is 1.37. The van der Waals surface area contributed by atoms with Crippen molar-refractivity contribution in [1.29, 1.82) is 0 Å². The Bertz CT molecular complexity index is 1480. The highest BCUT2D eigenvalue weighted by atomic mass is 16.6. The summed E-state index contributed by atoms with van der Waals surface area (Å²) < 4.78 is 22.7. The largest absolute Gasteiger partial charge is 0.494 e. The molecule has 0 aliphatic rings. The van der Waals surface area contributed by atoms with Gasteiger partial charge in [-0.3, -0.25) is 4.79 Å². The second kappa shape index (κ2) is 13.8. The molecule has 0 spiro atoms. The van der Waals surface area contributed by atoms with Gasteiger partial charge in [-0.25, -0.2) is 10.2 Å². The van der Waals surface area contributed by atoms with Crippen LogP contribution in [0, 0.1) is 0 Å². The zero-order chi connectivity index (χ0) is 28.3. The second-order valence-electron chi connectivity index (χ2n) is 8.87. The zero-order valence-electron chi connectivity index (χ0n) is 22.8. The van der Waals surface area contributed by atoms with E-state index >= 15 is 0 Å². The van der Waals surface area contributed by atoms with Crippen LogP contribution in [-0.2, 0) is 4.79 Å². The van der Waals surface area contributed by atoms with Gasteiger partial charge in [0.25, 0.3) is 5.91 Å². The van der Waals surface area contributed by atoms with E-state index in [0.717, 1.165) is 17.2 Å². The van der Waals surface area contributed by atoms with Gasteiger partial charge < -0.3 is 18.9 Å². The van der Waals surface area contributed by atoms with Gasteiger partial charge in [-0.15, -0.1) is 0 Å². The van der Waals surface area contributed by atoms with Crippen LogP contribution >= 0.6 is 0 Å². The average Bonchev–Trinajstić information content (AvgIpc) is 2.97. The molecule has 8 heteroatoms. The molecular weight excluding hydrogens is 508 g/mol. The molecule has 0 saturated carbocycles. The first-order chi connectivity index (χ1) is 19.5. The molecule has 0 aliphatic heterocycles. The fraction of sp³-hybridized carbons (Fsp3) is 0.219. The van der Waals surface area contributed by atoms with Crippen molar-refractivity contribution in [3.63, 3.8) is 0 Å². The number of amides is 1. The molecule has 0 bridgehead atoms. The third kappa shape index (κ3) is 7.38. The minimum absolute atomic E-state index is 0.274. The number of hydrogen-bond acceptors (Lipinski definition) is 7. The summed E-state index contributed by atoms with van der Waals surface area (Å²) in [6.07, 6.45) is 1.61. The minimum atomic E-state index is -0.768. The standard InChI is InChI=1S/C32H32N2O6/c1-4-19-38-26-16-14-25(15-17-26)32(36)40-29-18-13-23(20-30(29)37-5-2)21-33-34-31(35)22(3)39-28-12-8-10-24-9-6-7-11-27(24)28/h6-18,20-22H,4-5,19H2,1-3H3,(H,34,35). The lowest BCUT2D eigenvalue weighted by Crippen LogP contribution is -2.33. The molecule has 0 radical (unpaired) electrons. The number of fused-ring (bicyclic) bond motifs is 1. The molecule has 1 unspecified atom stereocenters. The van der Waals surface area contributed by atoms with Crippen LogP contribution in [0.3, 0.4) is 0 Å². The molecule has 1 amide bonds. The molecule has 40 heavy (non-hydrogen) atoms. The van der Waals surface area contributed by atoms with E-state index in [1.165, 1.54) is 6.21 Å². The molecule has 0 heterocycles. The van der Waals surface area contributed by atoms with Crippen molar-refractivity contribution in [2.24, 2.45) is 5.10 Å². The topological polar surface area (TPSA) is 95.5 Å². The van der Waals surface area contributed by atoms with Crippen LogP contribution < -0.4 is 24.4 Å². The van der Waals surface area contributed by atoms with Crippen LogP contribution in [0.4, 0.5) is 0 Å². The SMILES string of the molecule is CCCOc1ccc(C(=O)Oc2ccc(C=NNC(=O)C(C)Oc3cccc4ccccc34)cc2OCC)cc1. The Labute approximate surface area is 233 Å². The van der Waals surface area contributed by atoms with Crippen LogP contribution in [0.15, 0.2) is 90.0 Å². The summed E-state index contributed by atoms with van der Waals surface area (Å²) in [5.41, 5.74) is 3.54. The van der Waals surface area contributed by atoms with Gasteiger partial charge in [0.15, 0.2) is 17.6 Å². The number of nitrogens with one attached hydrogen (secondary N) is 1. The van der Waals surface area contributed by atoms with E-state index in [1.54, 1.807) is 49.4 Å². The van der Waals surface area contributed by atoms with Crippen LogP contribution in [0.1, 0.15) is 43.1 Å². The highest BCUT2D eigenvalue weighted by Gasteiger charge is 2.16. The lowest BCUT2D eigenvalue weighted by Gasteiger charge is -2.14. The number of hydrogen-bond donors (Lipinski definition) is 1. The van der Waals surface area contributed by atoms with Crippen LogP contribution in [0.5, 0.6) is 23.0 Å². The number of nitrogens with zero attached hydrogens (tertiary/aromatic N) is 1. The first-order valence-electron chi connectivity index (χ1n) is 13.2. The molecule has 8 nitrogen and oxygen atoms in total. The van der Waals surface area contributed by atoms with Crippen LogP contribution in [0.2, 0.25) is 0 Å². The second-order valence-corrected chi connectivity index (χ2v) is 8.87. The van der Waals surface area contributed by atoms with Crippen molar-refractivity contribution in [2.45, 2.75) is 33.3 Å². The van der Waals surface area contributed by atoms with Gasteiger partial charge >= 0.3 is 5.97 Å². The Morgan fingerprint density at radius 1 is 0.875 bits per heavy atom. The predicted octanol–water partition coefficient (Wildman–Crippen LogP) is 6.16. The summed E-state index contributed by atoms with van der Waals surface area (Å²) in [6, 6.07) is 25.3. The highest BCUT2D eigenvalue weighted by molar-refractivity contribution is 5.92. The van der Waals surface area contributed by atoms with Crippen molar-refractivity contribution >= 4 is 28.9 Å². The van der Waals surface area contributed by atoms with E-state index in [0.29, 0.717) is 41.6 Å². The number of esters is 1. The average molecular weight is 541 g/mol. The maximum atomic E-state index is 12.7. The lowest BCUT2D eigenvalue weighted by atomic mass is 10.1. The molecule has 0 saturated heterocycles. The predicted molar refractivity (Wildman–Crippen MR) is 155 cm³/mol. The maximum absolute atomic E-state index is 12.7. The summed E-state index contributed by atoms with van der Waals surface area (Å²) in [6.45, 7) is 6.50. The first kappa shape index (κ1) is 28.2. The third-order valence-corrected chi connectivity index (χ3v) is 5.84. The van der Waals surface area contributed by atoms with Gasteiger partial charge in [0.05, 0.1) is 25.0 Å². The molecule has 0 aromatic heterocycles. The van der Waals surface area contributed by atoms with Crippen LogP contribution in [-0.4, -0.2) is 37.4 Å². The fourth-order valence-electron chi connectivity index (χ4n) is 3.83. The van der Waals surface area contributed by atoms with Gasteiger partial charge in [-0.05, 0) is 79.7 Å². The molecule has 1 N–H and O–H groups in total. The summed E-state index contributed by atoms with van der Waals surface area (Å²) in [4.78, 5) is 25.3.